The van der Waals surface area contributed by atoms with E-state index in [-0.39, 0.29) is 34.1 Å². The SMILES string of the molecule is COc1ccc(S(=O)(=O)C2CCN(C(=O)CCNS(=O)(=O)c3ccc(C(C)(C)C)cc3)CC2)cc1. The van der Waals surface area contributed by atoms with Crippen LogP contribution in [0.1, 0.15) is 45.6 Å². The fraction of sp³-hybridized carbons (Fsp3) is 0.480. The Morgan fingerprint density at radius 1 is 0.943 bits per heavy atom. The number of amides is 1. The van der Waals surface area contributed by atoms with Gasteiger partial charge in [0, 0.05) is 26.1 Å². The fourth-order valence-electron chi connectivity index (χ4n) is 4.04. The number of hydrogen-bond acceptors (Lipinski definition) is 6. The number of nitrogens with zero attached hydrogens (tertiary/aromatic N) is 1. The maximum absolute atomic E-state index is 12.9. The van der Waals surface area contributed by atoms with E-state index in [4.69, 9.17) is 4.74 Å². The van der Waals surface area contributed by atoms with Crippen molar-refractivity contribution < 1.29 is 26.4 Å². The van der Waals surface area contributed by atoms with Gasteiger partial charge < -0.3 is 9.64 Å². The largest absolute Gasteiger partial charge is 0.497 e. The molecule has 1 amide bonds. The molecule has 1 aliphatic heterocycles. The van der Waals surface area contributed by atoms with Gasteiger partial charge in [-0.3, -0.25) is 4.79 Å². The first-order valence-corrected chi connectivity index (χ1v) is 14.6. The molecule has 35 heavy (non-hydrogen) atoms. The highest BCUT2D eigenvalue weighted by atomic mass is 32.2. The smallest absolute Gasteiger partial charge is 0.240 e. The van der Waals surface area contributed by atoms with Crippen LogP contribution in [0.3, 0.4) is 0 Å². The molecule has 0 atom stereocenters. The van der Waals surface area contributed by atoms with E-state index in [0.29, 0.717) is 31.7 Å². The van der Waals surface area contributed by atoms with Gasteiger partial charge in [0.2, 0.25) is 15.9 Å². The first kappa shape index (κ1) is 27.2. The zero-order chi connectivity index (χ0) is 25.9. The highest BCUT2D eigenvalue weighted by molar-refractivity contribution is 7.92. The summed E-state index contributed by atoms with van der Waals surface area (Å²) in [6, 6.07) is 13.0. The van der Waals surface area contributed by atoms with E-state index in [1.165, 1.54) is 19.2 Å². The van der Waals surface area contributed by atoms with Gasteiger partial charge in [-0.1, -0.05) is 32.9 Å². The minimum Gasteiger partial charge on any atom is -0.497 e. The molecular formula is C25H34N2O6S2. The maximum Gasteiger partial charge on any atom is 0.240 e. The van der Waals surface area contributed by atoms with Crippen molar-refractivity contribution in [3.8, 4) is 5.75 Å². The Bertz CT molecular complexity index is 1220. The molecule has 0 spiro atoms. The van der Waals surface area contributed by atoms with Crippen molar-refractivity contribution in [2.45, 2.75) is 60.5 Å². The van der Waals surface area contributed by atoms with Crippen LogP contribution in [0.5, 0.6) is 5.75 Å². The summed E-state index contributed by atoms with van der Waals surface area (Å²) in [5, 5.41) is -0.561. The van der Waals surface area contributed by atoms with E-state index in [9.17, 15) is 21.6 Å². The van der Waals surface area contributed by atoms with Gasteiger partial charge in [0.25, 0.3) is 0 Å². The van der Waals surface area contributed by atoms with Crippen LogP contribution < -0.4 is 9.46 Å². The van der Waals surface area contributed by atoms with Crippen molar-refractivity contribution in [3.63, 3.8) is 0 Å². The molecule has 1 saturated heterocycles. The van der Waals surface area contributed by atoms with Crippen molar-refractivity contribution in [2.75, 3.05) is 26.7 Å². The van der Waals surface area contributed by atoms with Crippen LogP contribution in [0.2, 0.25) is 0 Å². The molecule has 1 fully saturated rings. The highest BCUT2D eigenvalue weighted by Gasteiger charge is 2.32. The van der Waals surface area contributed by atoms with Crippen molar-refractivity contribution >= 4 is 25.8 Å². The predicted molar refractivity (Wildman–Crippen MR) is 135 cm³/mol. The first-order chi connectivity index (χ1) is 16.3. The Morgan fingerprint density at radius 3 is 2.00 bits per heavy atom. The maximum atomic E-state index is 12.9. The number of benzene rings is 2. The summed E-state index contributed by atoms with van der Waals surface area (Å²) in [4.78, 5) is 14.6. The second-order valence-electron chi connectivity index (χ2n) is 9.72. The number of ether oxygens (including phenoxy) is 1. The van der Waals surface area contributed by atoms with Crippen molar-refractivity contribution in [2.24, 2.45) is 0 Å². The molecule has 1 aliphatic rings. The van der Waals surface area contributed by atoms with Crippen molar-refractivity contribution in [1.82, 2.24) is 9.62 Å². The van der Waals surface area contributed by atoms with E-state index >= 15 is 0 Å². The molecule has 0 saturated carbocycles. The van der Waals surface area contributed by atoms with Crippen molar-refractivity contribution in [3.05, 3.63) is 54.1 Å². The molecule has 8 nitrogen and oxygen atoms in total. The minimum absolute atomic E-state index is 0.00913. The zero-order valence-corrected chi connectivity index (χ0v) is 22.3. The Labute approximate surface area is 208 Å². The number of sulfonamides is 1. The molecule has 10 heteroatoms. The number of sulfone groups is 1. The van der Waals surface area contributed by atoms with Crippen LogP contribution >= 0.6 is 0 Å². The molecule has 1 heterocycles. The number of piperidine rings is 1. The van der Waals surface area contributed by atoms with Crippen molar-refractivity contribution in [1.29, 1.82) is 0 Å². The zero-order valence-electron chi connectivity index (χ0n) is 20.7. The van der Waals surface area contributed by atoms with Gasteiger partial charge in [-0.05, 0) is 60.2 Å². The van der Waals surface area contributed by atoms with Gasteiger partial charge in [-0.15, -0.1) is 0 Å². The predicted octanol–water partition coefficient (Wildman–Crippen LogP) is 3.13. The first-order valence-electron chi connectivity index (χ1n) is 11.6. The van der Waals surface area contributed by atoms with E-state index < -0.39 is 25.1 Å². The lowest BCUT2D eigenvalue weighted by molar-refractivity contribution is -0.131. The summed E-state index contributed by atoms with van der Waals surface area (Å²) in [6.07, 6.45) is 0.688. The Hall–Kier alpha value is -2.43. The molecule has 2 aromatic carbocycles. The third kappa shape index (κ3) is 6.62. The Kier molecular flexibility index (Phi) is 8.28. The van der Waals surface area contributed by atoms with Crippen LogP contribution in [0.4, 0.5) is 0 Å². The van der Waals surface area contributed by atoms with Gasteiger partial charge in [0.15, 0.2) is 9.84 Å². The number of hydrogen-bond donors (Lipinski definition) is 1. The van der Waals surface area contributed by atoms with E-state index in [2.05, 4.69) is 25.5 Å². The summed E-state index contributed by atoms with van der Waals surface area (Å²) in [5.74, 6) is 0.387. The highest BCUT2D eigenvalue weighted by Crippen LogP contribution is 2.26. The van der Waals surface area contributed by atoms with Gasteiger partial charge in [0.05, 0.1) is 22.2 Å². The van der Waals surface area contributed by atoms with Gasteiger partial charge in [0.1, 0.15) is 5.75 Å². The topological polar surface area (TPSA) is 110 Å². The van der Waals surface area contributed by atoms with Gasteiger partial charge >= 0.3 is 0 Å². The second-order valence-corrected chi connectivity index (χ2v) is 13.7. The van der Waals surface area contributed by atoms with E-state index in [1.807, 2.05) is 0 Å². The van der Waals surface area contributed by atoms with Gasteiger partial charge in [-0.2, -0.15) is 0 Å². The van der Waals surface area contributed by atoms with E-state index in [0.717, 1.165) is 5.56 Å². The number of methoxy groups -OCH3 is 1. The number of carbonyl (C=O) groups excluding carboxylic acids is 1. The average molecular weight is 523 g/mol. The average Bonchev–Trinajstić information content (AvgIpc) is 2.83. The van der Waals surface area contributed by atoms with Crippen LogP contribution in [0.25, 0.3) is 0 Å². The van der Waals surface area contributed by atoms with Crippen LogP contribution in [-0.4, -0.2) is 59.6 Å². The lowest BCUT2D eigenvalue weighted by Crippen LogP contribution is -2.43. The molecule has 0 aromatic heterocycles. The summed E-state index contributed by atoms with van der Waals surface area (Å²) in [5.41, 5.74) is 0.952. The molecule has 0 radical (unpaired) electrons. The Balaban J connectivity index is 1.50. The molecule has 1 N–H and O–H groups in total. The summed E-state index contributed by atoms with van der Waals surface area (Å²) in [7, 11) is -5.70. The lowest BCUT2D eigenvalue weighted by Gasteiger charge is -2.32. The Morgan fingerprint density at radius 2 is 1.49 bits per heavy atom. The summed E-state index contributed by atoms with van der Waals surface area (Å²) < 4.78 is 58.6. The van der Waals surface area contributed by atoms with E-state index in [1.54, 1.807) is 41.3 Å². The molecule has 2 aromatic rings. The molecular weight excluding hydrogens is 488 g/mol. The number of rotatable bonds is 8. The number of carbonyl (C=O) groups is 1. The standard InChI is InChI=1S/C25H34N2O6S2/c1-25(2,3)19-5-9-23(10-6-19)35(31,32)26-16-13-24(28)27-17-14-22(15-18-27)34(29,30)21-11-7-20(33-4)8-12-21/h5-12,22,26H,13-18H2,1-4H3. The fourth-order valence-corrected chi connectivity index (χ4v) is 6.80. The quantitative estimate of drug-likeness (QED) is 0.571. The monoisotopic (exact) mass is 522 g/mol. The summed E-state index contributed by atoms with van der Waals surface area (Å²) >= 11 is 0. The summed E-state index contributed by atoms with van der Waals surface area (Å²) in [6.45, 7) is 6.78. The third-order valence-electron chi connectivity index (χ3n) is 6.28. The van der Waals surface area contributed by atoms with Crippen LogP contribution in [0.15, 0.2) is 58.3 Å². The van der Waals surface area contributed by atoms with Crippen LogP contribution in [0, 0.1) is 0 Å². The molecule has 192 valence electrons. The van der Waals surface area contributed by atoms with Gasteiger partial charge in [-0.25, -0.2) is 21.6 Å². The second kappa shape index (κ2) is 10.7. The minimum atomic E-state index is -3.72. The molecule has 3 rings (SSSR count). The molecule has 0 unspecified atom stereocenters. The third-order valence-corrected chi connectivity index (χ3v) is 10.0. The number of nitrogens with one attached hydrogen (secondary N) is 1. The van der Waals surface area contributed by atoms with Crippen LogP contribution in [-0.2, 0) is 30.1 Å². The molecule has 0 bridgehead atoms. The number of likely N-dealkylation sites (tertiary alicyclic amines) is 1. The lowest BCUT2D eigenvalue weighted by atomic mass is 9.87. The normalized spacial score (nSPS) is 15.7. The molecule has 0 aliphatic carbocycles.